The van der Waals surface area contributed by atoms with Gasteiger partial charge in [0.2, 0.25) is 0 Å². The molecule has 10 heteroatoms. The largest absolute Gasteiger partial charge is 0.442 e. The number of alkyl halides is 3. The summed E-state index contributed by atoms with van der Waals surface area (Å²) in [5.74, 6) is 0.685. The summed E-state index contributed by atoms with van der Waals surface area (Å²) in [6, 6.07) is 0. The molecule has 2 unspecified atom stereocenters. The van der Waals surface area contributed by atoms with E-state index in [0.717, 1.165) is 12.1 Å². The molecule has 0 spiro atoms. The van der Waals surface area contributed by atoms with Crippen molar-refractivity contribution >= 4 is 23.5 Å². The maximum atomic E-state index is 12.7. The molecule has 146 valence electrons. The van der Waals surface area contributed by atoms with Gasteiger partial charge in [-0.15, -0.1) is 0 Å². The van der Waals surface area contributed by atoms with Crippen LogP contribution in [0, 0.1) is 5.92 Å². The van der Waals surface area contributed by atoms with E-state index in [0.29, 0.717) is 22.2 Å². The summed E-state index contributed by atoms with van der Waals surface area (Å²) >= 11 is 1.22. The fourth-order valence-corrected chi connectivity index (χ4v) is 4.67. The summed E-state index contributed by atoms with van der Waals surface area (Å²) in [5, 5.41) is -0.462. The zero-order valence-corrected chi connectivity index (χ0v) is 16.6. The van der Waals surface area contributed by atoms with Gasteiger partial charge in [-0.05, 0) is 24.1 Å². The molecular formula is C17H19F3N4OS2. The lowest BCUT2D eigenvalue weighted by molar-refractivity contribution is -0.0332. The Balaban J connectivity index is 1.90. The van der Waals surface area contributed by atoms with E-state index >= 15 is 0 Å². The lowest BCUT2D eigenvalue weighted by atomic mass is 10.1. The van der Waals surface area contributed by atoms with Crippen LogP contribution in [0.25, 0.3) is 11.3 Å². The SMILES string of the molecule is CC(Sc1nccnc1-c1cnc(=O)[nH]c1[C@H]1CC1C)[C@H](C)SC(F)(F)F. The highest BCUT2D eigenvalue weighted by Crippen LogP contribution is 2.49. The third-order valence-electron chi connectivity index (χ3n) is 4.52. The molecule has 2 heterocycles. The van der Waals surface area contributed by atoms with Gasteiger partial charge in [0.1, 0.15) is 10.7 Å². The number of nitrogens with one attached hydrogen (secondary N) is 1. The lowest BCUT2D eigenvalue weighted by Crippen LogP contribution is -2.18. The molecule has 0 bridgehead atoms. The number of aromatic amines is 1. The number of hydrogen-bond acceptors (Lipinski definition) is 6. The number of thioether (sulfide) groups is 2. The maximum absolute atomic E-state index is 12.7. The van der Waals surface area contributed by atoms with Crippen LogP contribution < -0.4 is 5.69 Å². The first-order valence-corrected chi connectivity index (χ1v) is 10.2. The van der Waals surface area contributed by atoms with Crippen molar-refractivity contribution in [2.45, 2.75) is 54.1 Å². The van der Waals surface area contributed by atoms with Crippen molar-refractivity contribution in [3.8, 4) is 11.3 Å². The van der Waals surface area contributed by atoms with E-state index in [4.69, 9.17) is 0 Å². The molecule has 0 amide bonds. The van der Waals surface area contributed by atoms with Gasteiger partial charge in [0, 0.05) is 46.3 Å². The Bertz CT molecular complexity index is 874. The smallest absolute Gasteiger partial charge is 0.309 e. The fraction of sp³-hybridized carbons (Fsp3) is 0.529. The standard InChI is InChI=1S/C17H19F3N4OS2/c1-8-6-11(8)13-12(7-23-16(25)24-13)14-15(22-5-4-21-14)26-9(2)10(3)27-17(18,19)20/h4-5,7-11H,6H2,1-3H3,(H,23,24,25)/t8?,9?,10-,11-/m0/s1. The molecule has 3 rings (SSSR count). The minimum Gasteiger partial charge on any atom is -0.309 e. The van der Waals surface area contributed by atoms with Crippen molar-refractivity contribution in [3.05, 3.63) is 34.8 Å². The van der Waals surface area contributed by atoms with Crippen LogP contribution in [0.2, 0.25) is 0 Å². The zero-order chi connectivity index (χ0) is 19.8. The van der Waals surface area contributed by atoms with E-state index in [2.05, 4.69) is 26.9 Å². The predicted molar refractivity (Wildman–Crippen MR) is 101 cm³/mol. The van der Waals surface area contributed by atoms with Gasteiger partial charge < -0.3 is 4.98 Å². The minimum absolute atomic E-state index is 0.0228. The van der Waals surface area contributed by atoms with Crippen molar-refractivity contribution in [1.29, 1.82) is 0 Å². The van der Waals surface area contributed by atoms with E-state index in [1.165, 1.54) is 30.4 Å². The average molecular weight is 416 g/mol. The molecule has 0 radical (unpaired) electrons. The molecule has 1 aliphatic carbocycles. The Hall–Kier alpha value is -1.55. The van der Waals surface area contributed by atoms with Gasteiger partial charge in [0.25, 0.3) is 0 Å². The fourth-order valence-electron chi connectivity index (χ4n) is 2.79. The molecule has 2 aromatic heterocycles. The Labute approximate surface area is 163 Å². The molecule has 27 heavy (non-hydrogen) atoms. The number of rotatable bonds is 6. The minimum atomic E-state index is -4.28. The number of hydrogen-bond donors (Lipinski definition) is 1. The molecule has 0 aromatic carbocycles. The van der Waals surface area contributed by atoms with E-state index in [1.54, 1.807) is 13.8 Å². The highest BCUT2D eigenvalue weighted by Gasteiger charge is 2.38. The average Bonchev–Trinajstić information content (AvgIpc) is 3.30. The normalized spacial score (nSPS) is 21.7. The van der Waals surface area contributed by atoms with E-state index < -0.39 is 16.4 Å². The molecular weight excluding hydrogens is 397 g/mol. The predicted octanol–water partition coefficient (Wildman–Crippen LogP) is 4.47. The summed E-state index contributed by atoms with van der Waals surface area (Å²) in [4.78, 5) is 27.0. The Kier molecular flexibility index (Phi) is 5.85. The Morgan fingerprint density at radius 2 is 1.85 bits per heavy atom. The highest BCUT2D eigenvalue weighted by molar-refractivity contribution is 8.04. The van der Waals surface area contributed by atoms with Crippen molar-refractivity contribution in [1.82, 2.24) is 19.9 Å². The van der Waals surface area contributed by atoms with Crippen molar-refractivity contribution in [2.24, 2.45) is 5.92 Å². The molecule has 1 aliphatic rings. The summed E-state index contributed by atoms with van der Waals surface area (Å²) in [6.45, 7) is 5.38. The van der Waals surface area contributed by atoms with Gasteiger partial charge >= 0.3 is 11.2 Å². The van der Waals surface area contributed by atoms with Crippen LogP contribution in [0.1, 0.15) is 38.8 Å². The first kappa shape index (κ1) is 20.2. The number of halogens is 3. The van der Waals surface area contributed by atoms with Gasteiger partial charge in [0.05, 0.1) is 0 Å². The third kappa shape index (κ3) is 5.04. The first-order valence-electron chi connectivity index (χ1n) is 8.47. The first-order chi connectivity index (χ1) is 12.7. The Morgan fingerprint density at radius 1 is 1.19 bits per heavy atom. The second kappa shape index (κ2) is 7.83. The molecule has 5 nitrogen and oxygen atoms in total. The maximum Gasteiger partial charge on any atom is 0.442 e. The van der Waals surface area contributed by atoms with Gasteiger partial charge in [-0.3, -0.25) is 4.98 Å². The zero-order valence-electron chi connectivity index (χ0n) is 14.9. The summed E-state index contributed by atoms with van der Waals surface area (Å²) in [5.41, 5.74) is -2.71. The number of nitrogens with zero attached hydrogens (tertiary/aromatic N) is 3. The number of H-pyrrole nitrogens is 1. The molecule has 1 N–H and O–H groups in total. The van der Waals surface area contributed by atoms with Crippen LogP contribution in [0.3, 0.4) is 0 Å². The van der Waals surface area contributed by atoms with Crippen LogP contribution in [-0.2, 0) is 0 Å². The van der Waals surface area contributed by atoms with Crippen molar-refractivity contribution < 1.29 is 13.2 Å². The topological polar surface area (TPSA) is 71.5 Å². The van der Waals surface area contributed by atoms with Crippen LogP contribution in [0.15, 0.2) is 28.4 Å². The second-order valence-corrected chi connectivity index (χ2v) is 9.45. The van der Waals surface area contributed by atoms with Gasteiger partial charge in [0.15, 0.2) is 0 Å². The monoisotopic (exact) mass is 416 g/mol. The van der Waals surface area contributed by atoms with Crippen LogP contribution >= 0.6 is 23.5 Å². The lowest BCUT2D eigenvalue weighted by Gasteiger charge is -2.20. The van der Waals surface area contributed by atoms with Crippen LogP contribution in [0.4, 0.5) is 13.2 Å². The summed E-state index contributed by atoms with van der Waals surface area (Å²) in [6.07, 6.45) is 5.49. The molecule has 0 saturated heterocycles. The van der Waals surface area contributed by atoms with Gasteiger partial charge in [-0.1, -0.05) is 32.5 Å². The van der Waals surface area contributed by atoms with Gasteiger partial charge in [-0.2, -0.15) is 13.2 Å². The molecule has 4 atom stereocenters. The Morgan fingerprint density at radius 3 is 2.48 bits per heavy atom. The van der Waals surface area contributed by atoms with Crippen LogP contribution in [-0.4, -0.2) is 35.9 Å². The molecule has 1 saturated carbocycles. The van der Waals surface area contributed by atoms with Gasteiger partial charge in [-0.25, -0.2) is 14.8 Å². The second-order valence-electron chi connectivity index (χ2n) is 6.64. The van der Waals surface area contributed by atoms with E-state index in [1.807, 2.05) is 0 Å². The molecule has 2 aromatic rings. The third-order valence-corrected chi connectivity index (χ3v) is 7.04. The van der Waals surface area contributed by atoms with Crippen LogP contribution in [0.5, 0.6) is 0 Å². The van der Waals surface area contributed by atoms with Crippen molar-refractivity contribution in [2.75, 3.05) is 0 Å². The summed E-state index contributed by atoms with van der Waals surface area (Å²) < 4.78 is 38.0. The highest BCUT2D eigenvalue weighted by atomic mass is 32.2. The van der Waals surface area contributed by atoms with Crippen molar-refractivity contribution in [3.63, 3.8) is 0 Å². The van der Waals surface area contributed by atoms with E-state index in [-0.39, 0.29) is 22.9 Å². The quantitative estimate of drug-likeness (QED) is 0.701. The molecule has 0 aliphatic heterocycles. The van der Waals surface area contributed by atoms with E-state index in [9.17, 15) is 18.0 Å². The number of aromatic nitrogens is 4. The molecule has 1 fully saturated rings. The summed E-state index contributed by atoms with van der Waals surface area (Å²) in [7, 11) is 0.